The van der Waals surface area contributed by atoms with Crippen molar-refractivity contribution in [3.05, 3.63) is 33.8 Å². The molecule has 2 rings (SSSR count). The molecular formula is C15H19BrN2O. The lowest BCUT2D eigenvalue weighted by Crippen LogP contribution is -2.43. The molecule has 1 atom stereocenters. The lowest BCUT2D eigenvalue weighted by atomic mass is 9.82. The Kier molecular flexibility index (Phi) is 4.62. The van der Waals surface area contributed by atoms with E-state index in [1.807, 2.05) is 18.2 Å². The van der Waals surface area contributed by atoms with E-state index in [1.165, 1.54) is 5.56 Å². The summed E-state index contributed by atoms with van der Waals surface area (Å²) in [6.07, 6.45) is 2.22. The number of nitrogens with zero attached hydrogens (tertiary/aromatic N) is 2. The Hall–Kier alpha value is -0.890. The largest absolute Gasteiger partial charge is 0.396 e. The van der Waals surface area contributed by atoms with Crippen molar-refractivity contribution in [3.63, 3.8) is 0 Å². The predicted octanol–water partition coefficient (Wildman–Crippen LogP) is 2.92. The van der Waals surface area contributed by atoms with Crippen molar-refractivity contribution < 1.29 is 5.11 Å². The molecule has 0 aliphatic carbocycles. The quantitative estimate of drug-likeness (QED) is 0.930. The van der Waals surface area contributed by atoms with Gasteiger partial charge in [0, 0.05) is 29.6 Å². The van der Waals surface area contributed by atoms with Crippen molar-refractivity contribution in [2.45, 2.75) is 26.3 Å². The molecule has 0 spiro atoms. The maximum absolute atomic E-state index is 9.49. The van der Waals surface area contributed by atoms with Gasteiger partial charge in [-0.3, -0.25) is 4.90 Å². The summed E-state index contributed by atoms with van der Waals surface area (Å²) in [5, 5.41) is 18.4. The number of hydrogen-bond donors (Lipinski definition) is 1. The van der Waals surface area contributed by atoms with Gasteiger partial charge in [0.2, 0.25) is 0 Å². The zero-order chi connectivity index (χ0) is 13.9. The van der Waals surface area contributed by atoms with Gasteiger partial charge in [0.1, 0.15) is 0 Å². The molecule has 0 radical (unpaired) electrons. The zero-order valence-corrected chi connectivity index (χ0v) is 12.8. The molecule has 19 heavy (non-hydrogen) atoms. The molecule has 1 N–H and O–H groups in total. The molecule has 0 bridgehead atoms. The Bertz CT molecular complexity index is 497. The highest BCUT2D eigenvalue weighted by atomic mass is 79.9. The highest BCUT2D eigenvalue weighted by Crippen LogP contribution is 2.30. The maximum Gasteiger partial charge on any atom is 0.0992 e. The molecule has 4 heteroatoms. The van der Waals surface area contributed by atoms with Crippen LogP contribution < -0.4 is 0 Å². The van der Waals surface area contributed by atoms with Gasteiger partial charge >= 0.3 is 0 Å². The highest BCUT2D eigenvalue weighted by Gasteiger charge is 2.30. The van der Waals surface area contributed by atoms with Gasteiger partial charge in [-0.25, -0.2) is 0 Å². The minimum atomic E-state index is 0.0251. The zero-order valence-electron chi connectivity index (χ0n) is 11.2. The third-order valence-corrected chi connectivity index (χ3v) is 4.56. The fraction of sp³-hybridized carbons (Fsp3) is 0.533. The molecule has 1 heterocycles. The molecule has 1 saturated heterocycles. The normalized spacial score (nSPS) is 24.1. The first kappa shape index (κ1) is 14.5. The average Bonchev–Trinajstić information content (AvgIpc) is 2.41. The van der Waals surface area contributed by atoms with Crippen molar-refractivity contribution in [1.29, 1.82) is 5.26 Å². The van der Waals surface area contributed by atoms with E-state index < -0.39 is 0 Å². The van der Waals surface area contributed by atoms with Crippen LogP contribution in [0.4, 0.5) is 0 Å². The van der Waals surface area contributed by atoms with Crippen LogP contribution in [0.15, 0.2) is 22.7 Å². The Labute approximate surface area is 123 Å². The van der Waals surface area contributed by atoms with Crippen LogP contribution in [0.25, 0.3) is 0 Å². The lowest BCUT2D eigenvalue weighted by molar-refractivity contribution is 0.0428. The number of hydrogen-bond acceptors (Lipinski definition) is 3. The van der Waals surface area contributed by atoms with E-state index in [0.717, 1.165) is 36.9 Å². The number of nitriles is 1. The number of rotatable bonds is 3. The Morgan fingerprint density at radius 2 is 2.32 bits per heavy atom. The van der Waals surface area contributed by atoms with Gasteiger partial charge in [-0.15, -0.1) is 0 Å². The van der Waals surface area contributed by atoms with E-state index in [0.29, 0.717) is 5.56 Å². The summed E-state index contributed by atoms with van der Waals surface area (Å²) in [5.41, 5.74) is 1.90. The van der Waals surface area contributed by atoms with Gasteiger partial charge in [-0.1, -0.05) is 28.9 Å². The van der Waals surface area contributed by atoms with Crippen molar-refractivity contribution in [3.8, 4) is 6.07 Å². The summed E-state index contributed by atoms with van der Waals surface area (Å²) in [7, 11) is 0. The van der Waals surface area contributed by atoms with Gasteiger partial charge in [0.25, 0.3) is 0 Å². The van der Waals surface area contributed by atoms with Crippen LogP contribution in [0, 0.1) is 16.7 Å². The number of aliphatic hydroxyl groups excluding tert-OH is 1. The van der Waals surface area contributed by atoms with E-state index in [2.05, 4.69) is 33.8 Å². The highest BCUT2D eigenvalue weighted by molar-refractivity contribution is 9.10. The van der Waals surface area contributed by atoms with Gasteiger partial charge < -0.3 is 5.11 Å². The van der Waals surface area contributed by atoms with Crippen molar-refractivity contribution >= 4 is 15.9 Å². The average molecular weight is 323 g/mol. The van der Waals surface area contributed by atoms with Crippen molar-refractivity contribution in [1.82, 2.24) is 4.90 Å². The van der Waals surface area contributed by atoms with Crippen LogP contribution in [-0.4, -0.2) is 29.7 Å². The summed E-state index contributed by atoms with van der Waals surface area (Å²) in [4.78, 5) is 2.38. The van der Waals surface area contributed by atoms with Crippen molar-refractivity contribution in [2.24, 2.45) is 5.41 Å². The number of benzene rings is 1. The monoisotopic (exact) mass is 322 g/mol. The van der Waals surface area contributed by atoms with Crippen LogP contribution >= 0.6 is 15.9 Å². The van der Waals surface area contributed by atoms with Crippen LogP contribution in [-0.2, 0) is 6.54 Å². The SMILES string of the molecule is C[C@]1(CO)CCCN(Cc2ccc(C#N)cc2Br)C1. The van der Waals surface area contributed by atoms with E-state index in [-0.39, 0.29) is 12.0 Å². The molecule has 1 aromatic carbocycles. The summed E-state index contributed by atoms with van der Waals surface area (Å²) in [6, 6.07) is 7.87. The molecule has 102 valence electrons. The van der Waals surface area contributed by atoms with Gasteiger partial charge in [0.05, 0.1) is 11.6 Å². The molecule has 0 amide bonds. The fourth-order valence-corrected chi connectivity index (χ4v) is 3.18. The summed E-state index contributed by atoms with van der Waals surface area (Å²) < 4.78 is 0.989. The van der Waals surface area contributed by atoms with Crippen LogP contribution in [0.5, 0.6) is 0 Å². The van der Waals surface area contributed by atoms with E-state index in [1.54, 1.807) is 0 Å². The summed E-state index contributed by atoms with van der Waals surface area (Å²) in [6.45, 7) is 5.25. The number of likely N-dealkylation sites (tertiary alicyclic amines) is 1. The fourth-order valence-electron chi connectivity index (χ4n) is 2.68. The maximum atomic E-state index is 9.49. The van der Waals surface area contributed by atoms with Gasteiger partial charge in [-0.05, 0) is 37.1 Å². The first-order chi connectivity index (χ1) is 9.06. The molecule has 0 saturated carbocycles. The molecule has 1 aromatic rings. The van der Waals surface area contributed by atoms with E-state index >= 15 is 0 Å². The third-order valence-electron chi connectivity index (χ3n) is 3.82. The van der Waals surface area contributed by atoms with Gasteiger partial charge in [-0.2, -0.15) is 5.26 Å². The summed E-state index contributed by atoms with van der Waals surface area (Å²) in [5.74, 6) is 0. The predicted molar refractivity (Wildman–Crippen MR) is 78.6 cm³/mol. The smallest absolute Gasteiger partial charge is 0.0992 e. The molecule has 0 aromatic heterocycles. The minimum Gasteiger partial charge on any atom is -0.396 e. The Morgan fingerprint density at radius 1 is 1.53 bits per heavy atom. The van der Waals surface area contributed by atoms with Crippen LogP contribution in [0.1, 0.15) is 30.9 Å². The molecule has 3 nitrogen and oxygen atoms in total. The third kappa shape index (κ3) is 3.56. The molecular weight excluding hydrogens is 304 g/mol. The van der Waals surface area contributed by atoms with Crippen LogP contribution in [0.3, 0.4) is 0 Å². The van der Waals surface area contributed by atoms with E-state index in [9.17, 15) is 5.11 Å². The molecule has 1 fully saturated rings. The van der Waals surface area contributed by atoms with Crippen LogP contribution in [0.2, 0.25) is 0 Å². The first-order valence-corrected chi connectivity index (χ1v) is 7.37. The summed E-state index contributed by atoms with van der Waals surface area (Å²) >= 11 is 3.53. The van der Waals surface area contributed by atoms with Crippen molar-refractivity contribution in [2.75, 3.05) is 19.7 Å². The molecule has 1 aliphatic rings. The Balaban J connectivity index is 2.07. The van der Waals surface area contributed by atoms with Gasteiger partial charge in [0.15, 0.2) is 0 Å². The number of halogens is 1. The van der Waals surface area contributed by atoms with E-state index in [4.69, 9.17) is 5.26 Å². The molecule has 0 unspecified atom stereocenters. The number of piperidine rings is 1. The minimum absolute atomic E-state index is 0.0251. The Morgan fingerprint density at radius 3 is 2.95 bits per heavy atom. The number of aliphatic hydroxyl groups is 1. The first-order valence-electron chi connectivity index (χ1n) is 6.58. The molecule has 1 aliphatic heterocycles. The topological polar surface area (TPSA) is 47.3 Å². The lowest BCUT2D eigenvalue weighted by Gasteiger charge is -2.39. The standard InChI is InChI=1S/C15H19BrN2O/c1-15(11-19)5-2-6-18(10-15)9-13-4-3-12(8-17)7-14(13)16/h3-4,7,19H,2,5-6,9-11H2,1H3/t15-/m0/s1. The second-order valence-corrected chi connectivity index (χ2v) is 6.56. The second-order valence-electron chi connectivity index (χ2n) is 5.70. The second kappa shape index (κ2) is 6.04.